The Morgan fingerprint density at radius 1 is 0.355 bits per heavy atom. The third-order valence-electron chi connectivity index (χ3n) is 16.8. The molecule has 0 aliphatic carbocycles. The lowest BCUT2D eigenvalue weighted by atomic mass is 10.1. The summed E-state index contributed by atoms with van der Waals surface area (Å²) < 4.78 is 16.4. The van der Waals surface area contributed by atoms with Crippen LogP contribution in [0.2, 0.25) is 0 Å². The van der Waals surface area contributed by atoms with Crippen molar-refractivity contribution >= 4 is 98.7 Å². The van der Waals surface area contributed by atoms with Crippen LogP contribution in [-0.2, 0) is 68.8 Å². The second kappa shape index (κ2) is 41.3. The van der Waals surface area contributed by atoms with Gasteiger partial charge in [-0.15, -0.1) is 0 Å². The van der Waals surface area contributed by atoms with E-state index < -0.39 is 5.60 Å². The first-order valence-corrected chi connectivity index (χ1v) is 43.6. The first-order chi connectivity index (χ1) is 52.2. The highest BCUT2D eigenvalue weighted by Crippen LogP contribution is 2.40. The van der Waals surface area contributed by atoms with Gasteiger partial charge in [0.15, 0.2) is 60.5 Å². The first kappa shape index (κ1) is 79.7. The molecule has 1 N–H and O–H groups in total. The highest BCUT2D eigenvalue weighted by molar-refractivity contribution is 7.98. The van der Waals surface area contributed by atoms with Crippen molar-refractivity contribution in [3.63, 3.8) is 0 Å². The minimum absolute atomic E-state index is 0.121. The quantitative estimate of drug-likeness (QED) is 0.0439. The van der Waals surface area contributed by atoms with Crippen molar-refractivity contribution in [2.24, 2.45) is 0 Å². The smallest absolute Gasteiger partial charge is 0.344 e. The van der Waals surface area contributed by atoms with Crippen LogP contribution in [0.5, 0.6) is 17.2 Å². The van der Waals surface area contributed by atoms with Crippen molar-refractivity contribution in [3.8, 4) is 17.2 Å². The van der Waals surface area contributed by atoms with Gasteiger partial charge >= 0.3 is 11.9 Å². The minimum Gasteiger partial charge on any atom is -0.508 e. The van der Waals surface area contributed by atoms with Crippen LogP contribution in [0.1, 0.15) is 67.2 Å². The minimum atomic E-state index is -0.536. The monoisotopic (exact) mass is 1510 g/mol. The van der Waals surface area contributed by atoms with Crippen LogP contribution >= 0.6 is 0 Å². The van der Waals surface area contributed by atoms with Gasteiger partial charge in [-0.3, -0.25) is 4.79 Å². The standard InChI is InChI=1S/C28H27O3S.C20H17O2S.C18H14OS.C18H25S.C12H13S/c1-28(2,3)31-27(29)20-30-25-18-19-26(24-17-11-10-16-23(24)25)32(21-12-6-4-7-13-21)22-14-8-5-9-15-22;1-16(21)22-17-12-14-20(15-13-17)23(18-8-4-2-5-9-18)19-10-6-3-7-11-19;19-15-11-13-18(14-12-15)20(16-7-3-1-4-8-16)17-9-5-2-6-10-17;1-3-5-14-19(15-6-4-2)18-13-9-11-16-10-7-8-12-17(16)18;1-13(2)12-9-5-7-10-6-3-4-8-11(10)12/h4-19H,20H2,1-3H3;2-15H,1H3;1-14H;7-13H,3-6,14-15H2,1-2H3;3-9H,1-2H3/q2*+1;;2*+1/p+1. The number of esters is 2. The molecule has 0 fully saturated rings. The molecule has 0 aliphatic rings. The van der Waals surface area contributed by atoms with E-state index in [1.807, 2.05) is 118 Å². The van der Waals surface area contributed by atoms with Gasteiger partial charge < -0.3 is 19.3 Å². The van der Waals surface area contributed by atoms with Crippen LogP contribution < -0.4 is 9.47 Å². The summed E-state index contributed by atoms with van der Waals surface area (Å²) in [5.41, 5.74) is -0.536. The van der Waals surface area contributed by atoms with Crippen molar-refractivity contribution in [1.29, 1.82) is 0 Å². The van der Waals surface area contributed by atoms with Crippen LogP contribution in [0.25, 0.3) is 32.3 Å². The number of hydrogen-bond acceptors (Lipinski definition) is 6. The first-order valence-electron chi connectivity index (χ1n) is 36.3. The maximum atomic E-state index is 12.2. The van der Waals surface area contributed by atoms with Gasteiger partial charge in [0.25, 0.3) is 0 Å². The van der Waals surface area contributed by atoms with E-state index in [1.54, 1.807) is 17.0 Å². The number of carbonyl (C=O) groups is 2. The molecule has 0 heterocycles. The molecular formula is C96H97O6S5+5. The average molecular weight is 1510 g/mol. The molecule has 0 radical (unpaired) electrons. The third kappa shape index (κ3) is 23.6. The number of benzene rings is 14. The van der Waals surface area contributed by atoms with E-state index in [1.165, 1.54) is 115 Å². The summed E-state index contributed by atoms with van der Waals surface area (Å²) in [7, 11) is 0.203. The number of unbranched alkanes of at least 4 members (excludes halogenated alkanes) is 2. The fraction of sp³-hybridized carbons (Fsp3) is 0.167. The molecule has 0 aliphatic heterocycles. The summed E-state index contributed by atoms with van der Waals surface area (Å²) in [4.78, 5) is 37.5. The maximum Gasteiger partial charge on any atom is 0.344 e. The second-order valence-electron chi connectivity index (χ2n) is 26.2. The zero-order valence-electron chi connectivity index (χ0n) is 62.5. The second-order valence-corrected chi connectivity index (χ2v) is 36.6. The number of ether oxygens (including phenoxy) is 3. The third-order valence-corrected chi connectivity index (χ3v) is 27.4. The Kier molecular flexibility index (Phi) is 30.8. The number of aromatic hydroxyl groups is 1. The van der Waals surface area contributed by atoms with E-state index in [9.17, 15) is 14.7 Å². The lowest BCUT2D eigenvalue weighted by molar-refractivity contribution is -0.157. The lowest BCUT2D eigenvalue weighted by Gasteiger charge is -2.19. The van der Waals surface area contributed by atoms with E-state index >= 15 is 0 Å². The van der Waals surface area contributed by atoms with Gasteiger partial charge in [-0.1, -0.05) is 215 Å². The number of rotatable bonds is 21. The number of phenolic OH excluding ortho intramolecular Hbond substituents is 1. The largest absolute Gasteiger partial charge is 0.508 e. The summed E-state index contributed by atoms with van der Waals surface area (Å²) in [6.45, 7) is 11.4. The van der Waals surface area contributed by atoms with E-state index in [4.69, 9.17) is 14.2 Å². The molecule has 0 saturated heterocycles. The molecule has 14 rings (SSSR count). The number of fused-ring (bicyclic) bond motifs is 3. The van der Waals surface area contributed by atoms with Gasteiger partial charge in [0.2, 0.25) is 0 Å². The van der Waals surface area contributed by atoms with Gasteiger partial charge in [0.05, 0.1) is 32.7 Å². The molecule has 14 aromatic carbocycles. The highest BCUT2D eigenvalue weighted by atomic mass is 32.2. The summed E-state index contributed by atoms with van der Waals surface area (Å²) >= 11 is 0. The molecule has 0 aromatic heterocycles. The van der Waals surface area contributed by atoms with E-state index in [-0.39, 0.29) is 51.2 Å². The van der Waals surface area contributed by atoms with Crippen LogP contribution in [0.4, 0.5) is 0 Å². The van der Waals surface area contributed by atoms with Crippen molar-refractivity contribution in [2.45, 2.75) is 127 Å². The topological polar surface area (TPSA) is 82.1 Å². The van der Waals surface area contributed by atoms with E-state index in [0.29, 0.717) is 39.0 Å². The Hall–Kier alpha value is -9.85. The highest BCUT2D eigenvalue weighted by Gasteiger charge is 2.33. The van der Waals surface area contributed by atoms with Crippen LogP contribution in [0.3, 0.4) is 0 Å². The van der Waals surface area contributed by atoms with Gasteiger partial charge in [-0.25, -0.2) is 4.79 Å². The van der Waals surface area contributed by atoms with Crippen LogP contribution in [0.15, 0.2) is 406 Å². The Balaban J connectivity index is 0.000000147. The molecule has 107 heavy (non-hydrogen) atoms. The lowest BCUT2D eigenvalue weighted by Crippen LogP contribution is -2.27. The molecule has 11 heteroatoms. The van der Waals surface area contributed by atoms with Crippen molar-refractivity contribution in [2.75, 3.05) is 30.6 Å². The van der Waals surface area contributed by atoms with Gasteiger partial charge in [-0.2, -0.15) is 0 Å². The van der Waals surface area contributed by atoms with Gasteiger partial charge in [0, 0.05) is 50.3 Å². The van der Waals surface area contributed by atoms with Crippen LogP contribution in [0, 0.1) is 0 Å². The summed E-state index contributed by atoms with van der Waals surface area (Å²) in [5, 5.41) is 17.2. The molecule has 0 atom stereocenters. The van der Waals surface area contributed by atoms with Crippen molar-refractivity contribution in [3.05, 3.63) is 352 Å². The number of carbonyl (C=O) groups excluding carboxylic acids is 2. The summed E-state index contributed by atoms with van der Waals surface area (Å²) in [6, 6.07) is 121. The molecule has 0 saturated carbocycles. The van der Waals surface area contributed by atoms with Crippen LogP contribution in [-0.4, -0.2) is 53.3 Å². The molecule has 542 valence electrons. The Bertz CT molecular complexity index is 4850. The van der Waals surface area contributed by atoms with Crippen molar-refractivity contribution < 1.29 is 28.9 Å². The zero-order valence-corrected chi connectivity index (χ0v) is 66.5. The molecule has 0 bridgehead atoms. The maximum absolute atomic E-state index is 12.2. The predicted octanol–water partition coefficient (Wildman–Crippen LogP) is 24.3. The Morgan fingerprint density at radius 2 is 0.701 bits per heavy atom. The van der Waals surface area contributed by atoms with Gasteiger partial charge in [0.1, 0.15) is 46.9 Å². The molecule has 0 amide bonds. The summed E-state index contributed by atoms with van der Waals surface area (Å²) in [6.07, 6.45) is 9.86. The molecule has 0 spiro atoms. The zero-order chi connectivity index (χ0) is 75.2. The predicted molar refractivity (Wildman–Crippen MR) is 457 cm³/mol. The van der Waals surface area contributed by atoms with Crippen molar-refractivity contribution in [1.82, 2.24) is 0 Å². The number of phenols is 1. The van der Waals surface area contributed by atoms with E-state index in [0.717, 1.165) is 10.8 Å². The molecule has 6 nitrogen and oxygen atoms in total. The molecule has 14 aromatic rings. The van der Waals surface area contributed by atoms with E-state index in [2.05, 4.69) is 269 Å². The Labute approximate surface area is 649 Å². The SMILES string of the molecule is CC(=O)Oc1ccc([S+](c2ccccc2)c2ccccc2)cc1.CC(C)(C)OC(=O)COc1ccc([S+](c2ccccc2)c2ccccc2)c2ccccc12.CCCC[S+](CCCC)c1cccc2ccccc12.C[S+](C)c1cccc2ccccc12.Oc1ccc([S+](c2ccccc2)c2ccccc2)cc1. The normalized spacial score (nSPS) is 11.0. The average Bonchev–Trinajstić information content (AvgIpc) is 0.771. The summed E-state index contributed by atoms with van der Waals surface area (Å²) in [5.74, 6) is 3.61. The Morgan fingerprint density at radius 3 is 1.10 bits per heavy atom. The fourth-order valence-electron chi connectivity index (χ4n) is 12.0. The molecule has 0 unspecified atom stereocenters. The molecular weight excluding hydrogens is 1410 g/mol. The number of hydrogen-bond donors (Lipinski definition) is 1. The van der Waals surface area contributed by atoms with Gasteiger partial charge in [-0.05, 0) is 208 Å². The fourth-order valence-corrected chi connectivity index (χ4v) is 22.0.